The van der Waals surface area contributed by atoms with Crippen LogP contribution in [-0.4, -0.2) is 22.7 Å². The summed E-state index contributed by atoms with van der Waals surface area (Å²) >= 11 is 1.44. The zero-order valence-electron chi connectivity index (χ0n) is 17.7. The quantitative estimate of drug-likeness (QED) is 0.318. The largest absolute Gasteiger partial charge is 0.494 e. The molecule has 0 aliphatic carbocycles. The van der Waals surface area contributed by atoms with Crippen molar-refractivity contribution in [3.63, 3.8) is 0 Å². The standard InChI is InChI=1S/C25H24FNO3S/c1-4-6-18(13-22(25(28)29)21-14-19(26)10-7-16(21)3)24-27-23(15-31-24)17-8-11-20(12-9-17)30-5-2/h6-15H,4-5H2,1-3H3,(H,28,29)/b18-6-,22-13+. The first-order valence-electron chi connectivity index (χ1n) is 10.0. The zero-order valence-corrected chi connectivity index (χ0v) is 18.5. The third kappa shape index (κ3) is 5.47. The number of allylic oxidation sites excluding steroid dienone is 3. The Hall–Kier alpha value is -3.25. The van der Waals surface area contributed by atoms with Crippen LogP contribution in [0, 0.1) is 12.7 Å². The van der Waals surface area contributed by atoms with Crippen LogP contribution in [0.4, 0.5) is 4.39 Å². The summed E-state index contributed by atoms with van der Waals surface area (Å²) in [6, 6.07) is 11.9. The molecular formula is C25H24FNO3S. The fraction of sp³-hybridized carbons (Fsp3) is 0.200. The Labute approximate surface area is 185 Å². The third-order valence-corrected chi connectivity index (χ3v) is 5.55. The predicted octanol–water partition coefficient (Wildman–Crippen LogP) is 6.62. The Morgan fingerprint density at radius 2 is 1.94 bits per heavy atom. The monoisotopic (exact) mass is 437 g/mol. The minimum atomic E-state index is -1.11. The lowest BCUT2D eigenvalue weighted by atomic mass is 9.98. The van der Waals surface area contributed by atoms with Gasteiger partial charge < -0.3 is 9.84 Å². The van der Waals surface area contributed by atoms with Gasteiger partial charge >= 0.3 is 5.97 Å². The van der Waals surface area contributed by atoms with Crippen molar-refractivity contribution in [1.29, 1.82) is 0 Å². The average Bonchev–Trinajstić information content (AvgIpc) is 3.24. The number of carboxylic acids is 1. The van der Waals surface area contributed by atoms with Crippen LogP contribution in [0.25, 0.3) is 22.4 Å². The molecule has 0 amide bonds. The van der Waals surface area contributed by atoms with Gasteiger partial charge in [0.1, 0.15) is 16.6 Å². The van der Waals surface area contributed by atoms with Gasteiger partial charge in [-0.1, -0.05) is 19.1 Å². The molecule has 0 atom stereocenters. The minimum absolute atomic E-state index is 0.0366. The highest BCUT2D eigenvalue weighted by Crippen LogP contribution is 2.31. The minimum Gasteiger partial charge on any atom is -0.494 e. The zero-order chi connectivity index (χ0) is 22.4. The van der Waals surface area contributed by atoms with Crippen LogP contribution in [0.1, 0.15) is 36.4 Å². The number of carbonyl (C=O) groups is 1. The molecule has 3 aromatic rings. The van der Waals surface area contributed by atoms with E-state index < -0.39 is 11.8 Å². The summed E-state index contributed by atoms with van der Waals surface area (Å²) in [5, 5.41) is 12.5. The summed E-state index contributed by atoms with van der Waals surface area (Å²) in [5.74, 6) is -0.785. The highest BCUT2D eigenvalue weighted by atomic mass is 32.1. The molecule has 1 aromatic heterocycles. The Morgan fingerprint density at radius 3 is 2.58 bits per heavy atom. The first kappa shape index (κ1) is 22.4. The van der Waals surface area contributed by atoms with Crippen molar-refractivity contribution in [2.45, 2.75) is 27.2 Å². The summed E-state index contributed by atoms with van der Waals surface area (Å²) in [6.07, 6.45) is 4.21. The molecule has 0 saturated carbocycles. The van der Waals surface area contributed by atoms with E-state index in [4.69, 9.17) is 9.72 Å². The summed E-state index contributed by atoms with van der Waals surface area (Å²) in [6.45, 7) is 6.28. The summed E-state index contributed by atoms with van der Waals surface area (Å²) in [4.78, 5) is 16.7. The van der Waals surface area contributed by atoms with Crippen molar-refractivity contribution < 1.29 is 19.0 Å². The third-order valence-electron chi connectivity index (χ3n) is 4.66. The van der Waals surface area contributed by atoms with Gasteiger partial charge in [-0.05, 0) is 73.9 Å². The topological polar surface area (TPSA) is 59.4 Å². The van der Waals surface area contributed by atoms with Crippen LogP contribution in [-0.2, 0) is 4.79 Å². The van der Waals surface area contributed by atoms with E-state index in [1.807, 2.05) is 49.6 Å². The second-order valence-corrected chi connectivity index (χ2v) is 7.74. The van der Waals surface area contributed by atoms with Gasteiger partial charge in [-0.15, -0.1) is 11.3 Å². The fourth-order valence-corrected chi connectivity index (χ4v) is 3.99. The van der Waals surface area contributed by atoms with Gasteiger partial charge in [0.05, 0.1) is 17.9 Å². The molecule has 6 heteroatoms. The lowest BCUT2D eigenvalue weighted by molar-refractivity contribution is -0.130. The highest BCUT2D eigenvalue weighted by molar-refractivity contribution is 7.11. The molecular weight excluding hydrogens is 413 g/mol. The van der Waals surface area contributed by atoms with Crippen LogP contribution < -0.4 is 4.74 Å². The van der Waals surface area contributed by atoms with Gasteiger partial charge in [0, 0.05) is 16.5 Å². The van der Waals surface area contributed by atoms with E-state index in [9.17, 15) is 14.3 Å². The van der Waals surface area contributed by atoms with Gasteiger partial charge in [-0.2, -0.15) is 0 Å². The highest BCUT2D eigenvalue weighted by Gasteiger charge is 2.16. The van der Waals surface area contributed by atoms with Crippen LogP contribution in [0.15, 0.2) is 60.0 Å². The Balaban J connectivity index is 1.99. The fourth-order valence-electron chi connectivity index (χ4n) is 3.15. The number of rotatable bonds is 8. The van der Waals surface area contributed by atoms with Gasteiger partial charge in [0.15, 0.2) is 0 Å². The van der Waals surface area contributed by atoms with Crippen molar-refractivity contribution in [2.75, 3.05) is 6.61 Å². The average molecular weight is 438 g/mol. The second kappa shape index (κ2) is 10.2. The molecule has 0 radical (unpaired) electrons. The predicted molar refractivity (Wildman–Crippen MR) is 124 cm³/mol. The molecule has 4 nitrogen and oxygen atoms in total. The number of aliphatic carboxylic acids is 1. The number of halogens is 1. The van der Waals surface area contributed by atoms with E-state index in [2.05, 4.69) is 0 Å². The van der Waals surface area contributed by atoms with E-state index in [0.717, 1.165) is 17.0 Å². The number of aromatic nitrogens is 1. The molecule has 31 heavy (non-hydrogen) atoms. The van der Waals surface area contributed by atoms with Crippen molar-refractivity contribution >= 4 is 28.5 Å². The molecule has 0 unspecified atom stereocenters. The molecule has 3 rings (SSSR count). The molecule has 0 aliphatic heterocycles. The number of hydrogen-bond donors (Lipinski definition) is 1. The second-order valence-electron chi connectivity index (χ2n) is 6.89. The summed E-state index contributed by atoms with van der Waals surface area (Å²) in [7, 11) is 0. The lowest BCUT2D eigenvalue weighted by Gasteiger charge is -2.08. The molecule has 0 fully saturated rings. The van der Waals surface area contributed by atoms with E-state index in [-0.39, 0.29) is 5.57 Å². The van der Waals surface area contributed by atoms with Crippen molar-refractivity contribution in [3.8, 4) is 17.0 Å². The number of hydrogen-bond acceptors (Lipinski definition) is 4. The molecule has 0 bridgehead atoms. The van der Waals surface area contributed by atoms with Crippen LogP contribution in [0.2, 0.25) is 0 Å². The molecule has 1 heterocycles. The first-order chi connectivity index (χ1) is 14.9. The normalized spacial score (nSPS) is 12.1. The maximum atomic E-state index is 13.8. The van der Waals surface area contributed by atoms with Gasteiger partial charge in [-0.25, -0.2) is 14.2 Å². The number of carboxylic acid groups (broad SMARTS) is 1. The number of aryl methyl sites for hydroxylation is 1. The van der Waals surface area contributed by atoms with E-state index in [1.165, 1.54) is 23.5 Å². The van der Waals surface area contributed by atoms with Crippen molar-refractivity contribution in [1.82, 2.24) is 4.98 Å². The van der Waals surface area contributed by atoms with Crippen molar-refractivity contribution in [3.05, 3.63) is 81.9 Å². The number of ether oxygens (including phenoxy) is 1. The van der Waals surface area contributed by atoms with Crippen molar-refractivity contribution in [2.24, 2.45) is 0 Å². The first-order valence-corrected chi connectivity index (χ1v) is 10.9. The van der Waals surface area contributed by atoms with Crippen LogP contribution in [0.3, 0.4) is 0 Å². The number of thiazole rings is 1. The molecule has 2 aromatic carbocycles. The Morgan fingerprint density at radius 1 is 1.19 bits per heavy atom. The smallest absolute Gasteiger partial charge is 0.336 e. The molecule has 160 valence electrons. The molecule has 0 saturated heterocycles. The molecule has 1 N–H and O–H groups in total. The van der Waals surface area contributed by atoms with Gasteiger partial charge in [-0.3, -0.25) is 0 Å². The van der Waals surface area contributed by atoms with E-state index in [0.29, 0.717) is 34.7 Å². The van der Waals surface area contributed by atoms with Gasteiger partial charge in [0.25, 0.3) is 0 Å². The molecule has 0 spiro atoms. The summed E-state index contributed by atoms with van der Waals surface area (Å²) in [5.41, 5.74) is 3.54. The van der Waals surface area contributed by atoms with E-state index in [1.54, 1.807) is 19.1 Å². The maximum Gasteiger partial charge on any atom is 0.336 e. The van der Waals surface area contributed by atoms with Crippen LogP contribution >= 0.6 is 11.3 Å². The van der Waals surface area contributed by atoms with Crippen LogP contribution in [0.5, 0.6) is 5.75 Å². The Bertz CT molecular complexity index is 1130. The van der Waals surface area contributed by atoms with E-state index >= 15 is 0 Å². The van der Waals surface area contributed by atoms with Gasteiger partial charge in [0.2, 0.25) is 0 Å². The number of benzene rings is 2. The maximum absolute atomic E-state index is 13.8. The lowest BCUT2D eigenvalue weighted by Crippen LogP contribution is -2.03. The summed E-state index contributed by atoms with van der Waals surface area (Å²) < 4.78 is 19.3. The Kier molecular flexibility index (Phi) is 7.36. The number of nitrogens with zero attached hydrogens (tertiary/aromatic N) is 1. The SMILES string of the molecule is CC/C=C(/C=C(/C(=O)O)c1cc(F)ccc1C)c1nc(-c2ccc(OCC)cc2)cs1. The molecule has 0 aliphatic rings.